The van der Waals surface area contributed by atoms with Crippen LogP contribution in [-0.2, 0) is 11.3 Å². The summed E-state index contributed by atoms with van der Waals surface area (Å²) in [6.07, 6.45) is 8.27. The molecule has 3 heteroatoms. The van der Waals surface area contributed by atoms with E-state index in [1.165, 1.54) is 0 Å². The zero-order valence-electron chi connectivity index (χ0n) is 11.2. The highest BCUT2D eigenvalue weighted by Gasteiger charge is 2.00. The van der Waals surface area contributed by atoms with Gasteiger partial charge >= 0.3 is 6.09 Å². The summed E-state index contributed by atoms with van der Waals surface area (Å²) in [4.78, 5) is 11.4. The van der Waals surface area contributed by atoms with Crippen molar-refractivity contribution in [3.05, 3.63) is 60.7 Å². The Balaban J connectivity index is 2.04. The Morgan fingerprint density at radius 1 is 1.26 bits per heavy atom. The van der Waals surface area contributed by atoms with Crippen LogP contribution in [0.4, 0.5) is 4.79 Å². The van der Waals surface area contributed by atoms with E-state index < -0.39 is 0 Å². The van der Waals surface area contributed by atoms with Gasteiger partial charge in [-0.1, -0.05) is 48.6 Å². The first-order valence-electron chi connectivity index (χ1n) is 6.53. The summed E-state index contributed by atoms with van der Waals surface area (Å²) in [5.41, 5.74) is 1.06. The average Bonchev–Trinajstić information content (AvgIpc) is 2.45. The third kappa shape index (κ3) is 7.82. The summed E-state index contributed by atoms with van der Waals surface area (Å²) in [5.74, 6) is 0. The van der Waals surface area contributed by atoms with Gasteiger partial charge in [0.2, 0.25) is 0 Å². The molecule has 0 unspecified atom stereocenters. The van der Waals surface area contributed by atoms with Gasteiger partial charge in [-0.2, -0.15) is 0 Å². The van der Waals surface area contributed by atoms with Gasteiger partial charge in [-0.15, -0.1) is 6.58 Å². The lowest BCUT2D eigenvalue weighted by Gasteiger charge is -2.06. The molecule has 0 heterocycles. The van der Waals surface area contributed by atoms with Crippen molar-refractivity contribution in [1.29, 1.82) is 0 Å². The second-order valence-electron chi connectivity index (χ2n) is 4.11. The molecule has 0 saturated carbocycles. The van der Waals surface area contributed by atoms with Crippen molar-refractivity contribution in [1.82, 2.24) is 5.32 Å². The molecule has 0 radical (unpaired) electrons. The first kappa shape index (κ1) is 15.0. The SMILES string of the molecule is C=CCC=CCCCOC(=O)NCc1ccccc1. The molecule has 1 aromatic rings. The summed E-state index contributed by atoms with van der Waals surface area (Å²) in [6, 6.07) is 9.76. The van der Waals surface area contributed by atoms with Crippen molar-refractivity contribution in [2.45, 2.75) is 25.8 Å². The molecular formula is C16H21NO2. The summed E-state index contributed by atoms with van der Waals surface area (Å²) in [7, 11) is 0. The first-order chi connectivity index (χ1) is 9.33. The van der Waals surface area contributed by atoms with Crippen LogP contribution in [0.25, 0.3) is 0 Å². The van der Waals surface area contributed by atoms with Crippen LogP contribution in [0.1, 0.15) is 24.8 Å². The predicted octanol–water partition coefficient (Wildman–Crippen LogP) is 3.83. The monoisotopic (exact) mass is 259 g/mol. The number of carbonyl (C=O) groups excluding carboxylic acids is 1. The van der Waals surface area contributed by atoms with E-state index >= 15 is 0 Å². The lowest BCUT2D eigenvalue weighted by Crippen LogP contribution is -2.24. The van der Waals surface area contributed by atoms with Crippen molar-refractivity contribution in [2.24, 2.45) is 0 Å². The molecule has 0 fully saturated rings. The van der Waals surface area contributed by atoms with E-state index in [0.717, 1.165) is 24.8 Å². The van der Waals surface area contributed by atoms with E-state index in [9.17, 15) is 4.79 Å². The number of unbranched alkanes of at least 4 members (excludes halogenated alkanes) is 1. The van der Waals surface area contributed by atoms with Gasteiger partial charge in [0.05, 0.1) is 6.61 Å². The Hall–Kier alpha value is -2.03. The molecule has 1 amide bonds. The molecule has 0 aliphatic carbocycles. The molecule has 1 N–H and O–H groups in total. The maximum atomic E-state index is 11.4. The smallest absolute Gasteiger partial charge is 0.407 e. The molecule has 0 aromatic heterocycles. The summed E-state index contributed by atoms with van der Waals surface area (Å²) < 4.78 is 5.07. The topological polar surface area (TPSA) is 38.3 Å². The molecule has 102 valence electrons. The molecule has 0 atom stereocenters. The molecule has 0 bridgehead atoms. The highest BCUT2D eigenvalue weighted by Crippen LogP contribution is 1.98. The zero-order valence-corrected chi connectivity index (χ0v) is 11.2. The van der Waals surface area contributed by atoms with Gasteiger partial charge in [-0.05, 0) is 24.8 Å². The van der Waals surface area contributed by atoms with Gasteiger partial charge in [0.25, 0.3) is 0 Å². The fraction of sp³-hybridized carbons (Fsp3) is 0.312. The Kier molecular flexibility index (Phi) is 7.87. The predicted molar refractivity (Wildman–Crippen MR) is 77.8 cm³/mol. The number of carbonyl (C=O) groups is 1. The van der Waals surface area contributed by atoms with Crippen LogP contribution in [0.5, 0.6) is 0 Å². The van der Waals surface area contributed by atoms with Crippen molar-refractivity contribution in [2.75, 3.05) is 6.61 Å². The zero-order chi connectivity index (χ0) is 13.8. The molecule has 3 nitrogen and oxygen atoms in total. The number of hydrogen-bond donors (Lipinski definition) is 1. The van der Waals surface area contributed by atoms with E-state index in [1.54, 1.807) is 0 Å². The largest absolute Gasteiger partial charge is 0.450 e. The van der Waals surface area contributed by atoms with E-state index in [2.05, 4.69) is 24.0 Å². The number of amides is 1. The number of benzene rings is 1. The third-order valence-corrected chi connectivity index (χ3v) is 2.50. The Bertz CT molecular complexity index is 398. The Morgan fingerprint density at radius 2 is 2.05 bits per heavy atom. The van der Waals surface area contributed by atoms with E-state index in [4.69, 9.17) is 4.74 Å². The number of rotatable bonds is 8. The van der Waals surface area contributed by atoms with Crippen LogP contribution in [0, 0.1) is 0 Å². The van der Waals surface area contributed by atoms with Gasteiger partial charge in [-0.25, -0.2) is 4.79 Å². The van der Waals surface area contributed by atoms with Crippen LogP contribution >= 0.6 is 0 Å². The second kappa shape index (κ2) is 9.95. The molecule has 19 heavy (non-hydrogen) atoms. The summed E-state index contributed by atoms with van der Waals surface area (Å²) >= 11 is 0. The van der Waals surface area contributed by atoms with Crippen molar-refractivity contribution in [3.63, 3.8) is 0 Å². The van der Waals surface area contributed by atoms with Gasteiger partial charge in [0, 0.05) is 6.54 Å². The molecule has 0 spiro atoms. The molecule has 1 aromatic carbocycles. The lowest BCUT2D eigenvalue weighted by atomic mass is 10.2. The van der Waals surface area contributed by atoms with Crippen LogP contribution < -0.4 is 5.32 Å². The molecule has 0 saturated heterocycles. The molecular weight excluding hydrogens is 238 g/mol. The minimum absolute atomic E-state index is 0.362. The van der Waals surface area contributed by atoms with Crippen molar-refractivity contribution in [3.8, 4) is 0 Å². The quantitative estimate of drug-likeness (QED) is 0.569. The maximum Gasteiger partial charge on any atom is 0.407 e. The summed E-state index contributed by atoms with van der Waals surface area (Å²) in [6.45, 7) is 4.58. The van der Waals surface area contributed by atoms with Gasteiger partial charge < -0.3 is 10.1 Å². The standard InChI is InChI=1S/C16H21NO2/c1-2-3-4-5-6-10-13-19-16(18)17-14-15-11-8-7-9-12-15/h2,4-5,7-9,11-12H,1,3,6,10,13-14H2,(H,17,18). The first-order valence-corrected chi connectivity index (χ1v) is 6.53. The number of alkyl carbamates (subject to hydrolysis) is 1. The van der Waals surface area contributed by atoms with Crippen LogP contribution in [0.2, 0.25) is 0 Å². The van der Waals surface area contributed by atoms with Gasteiger partial charge in [0.15, 0.2) is 0 Å². The highest BCUT2D eigenvalue weighted by atomic mass is 16.5. The van der Waals surface area contributed by atoms with E-state index in [0.29, 0.717) is 13.2 Å². The van der Waals surface area contributed by atoms with Gasteiger partial charge in [0.1, 0.15) is 0 Å². The minimum Gasteiger partial charge on any atom is -0.450 e. The molecule has 0 aliphatic rings. The lowest BCUT2D eigenvalue weighted by molar-refractivity contribution is 0.144. The Morgan fingerprint density at radius 3 is 2.79 bits per heavy atom. The number of ether oxygens (including phenoxy) is 1. The Labute approximate surface area is 115 Å². The van der Waals surface area contributed by atoms with Crippen molar-refractivity contribution < 1.29 is 9.53 Å². The van der Waals surface area contributed by atoms with Gasteiger partial charge in [-0.3, -0.25) is 0 Å². The fourth-order valence-electron chi connectivity index (χ4n) is 1.50. The highest BCUT2D eigenvalue weighted by molar-refractivity contribution is 5.67. The van der Waals surface area contributed by atoms with Crippen LogP contribution in [0.3, 0.4) is 0 Å². The third-order valence-electron chi connectivity index (χ3n) is 2.50. The number of nitrogens with one attached hydrogen (secondary N) is 1. The van der Waals surface area contributed by atoms with Crippen LogP contribution in [0.15, 0.2) is 55.1 Å². The molecule has 1 rings (SSSR count). The fourth-order valence-corrected chi connectivity index (χ4v) is 1.50. The average molecular weight is 259 g/mol. The second-order valence-corrected chi connectivity index (χ2v) is 4.11. The normalized spacial score (nSPS) is 10.3. The summed E-state index contributed by atoms with van der Waals surface area (Å²) in [5, 5.41) is 2.72. The number of hydrogen-bond acceptors (Lipinski definition) is 2. The van der Waals surface area contributed by atoms with E-state index in [-0.39, 0.29) is 6.09 Å². The maximum absolute atomic E-state index is 11.4. The number of allylic oxidation sites excluding steroid dienone is 3. The minimum atomic E-state index is -0.362. The van der Waals surface area contributed by atoms with E-state index in [1.807, 2.05) is 36.4 Å². The van der Waals surface area contributed by atoms with Crippen molar-refractivity contribution >= 4 is 6.09 Å². The van der Waals surface area contributed by atoms with Crippen LogP contribution in [-0.4, -0.2) is 12.7 Å². The molecule has 0 aliphatic heterocycles.